The number of aromatic nitrogens is 1. The van der Waals surface area contributed by atoms with Gasteiger partial charge in [-0.05, 0) is 38.1 Å². The van der Waals surface area contributed by atoms with Crippen LogP contribution in [0.4, 0.5) is 0 Å². The number of ether oxygens (including phenoxy) is 1. The van der Waals surface area contributed by atoms with E-state index in [-0.39, 0.29) is 0 Å². The van der Waals surface area contributed by atoms with E-state index < -0.39 is 0 Å². The van der Waals surface area contributed by atoms with Gasteiger partial charge >= 0.3 is 0 Å². The third-order valence-corrected chi connectivity index (χ3v) is 2.73. The zero-order chi connectivity index (χ0) is 13.5. The average Bonchev–Trinajstić information content (AvgIpc) is 2.86. The molecule has 0 saturated heterocycles. The first-order valence-corrected chi connectivity index (χ1v) is 6.60. The molecule has 0 aromatic carbocycles. The molecule has 2 aromatic heterocycles. The Hall–Kier alpha value is -1.81. The molecule has 0 amide bonds. The van der Waals surface area contributed by atoms with Crippen LogP contribution < -0.4 is 10.1 Å². The Morgan fingerprint density at radius 3 is 3.00 bits per heavy atom. The molecule has 2 heterocycles. The Morgan fingerprint density at radius 1 is 1.37 bits per heavy atom. The Morgan fingerprint density at radius 2 is 2.26 bits per heavy atom. The van der Waals surface area contributed by atoms with Gasteiger partial charge in [0, 0.05) is 17.8 Å². The summed E-state index contributed by atoms with van der Waals surface area (Å²) in [6, 6.07) is 5.86. The average molecular weight is 260 g/mol. The summed E-state index contributed by atoms with van der Waals surface area (Å²) in [5, 5.41) is 3.33. The fraction of sp³-hybridized carbons (Fsp3) is 0.400. The van der Waals surface area contributed by atoms with E-state index in [0.29, 0.717) is 6.61 Å². The first-order chi connectivity index (χ1) is 9.28. The molecule has 0 radical (unpaired) electrons. The summed E-state index contributed by atoms with van der Waals surface area (Å²) in [7, 11) is 0. The lowest BCUT2D eigenvalue weighted by Gasteiger charge is -2.03. The molecule has 0 spiro atoms. The van der Waals surface area contributed by atoms with Crippen LogP contribution in [-0.2, 0) is 13.2 Å². The van der Waals surface area contributed by atoms with Crippen molar-refractivity contribution in [1.82, 2.24) is 10.3 Å². The second-order valence-corrected chi connectivity index (χ2v) is 4.52. The number of aryl methyl sites for hydroxylation is 1. The summed E-state index contributed by atoms with van der Waals surface area (Å²) >= 11 is 0. The number of nitrogens with one attached hydrogen (secondary N) is 1. The molecule has 2 rings (SSSR count). The van der Waals surface area contributed by atoms with Gasteiger partial charge < -0.3 is 14.5 Å². The van der Waals surface area contributed by atoms with Crippen molar-refractivity contribution in [1.29, 1.82) is 0 Å². The maximum Gasteiger partial charge on any atom is 0.146 e. The van der Waals surface area contributed by atoms with Crippen molar-refractivity contribution in [3.8, 4) is 5.75 Å². The van der Waals surface area contributed by atoms with Gasteiger partial charge in [-0.25, -0.2) is 0 Å². The highest BCUT2D eigenvalue weighted by atomic mass is 16.5. The second kappa shape index (κ2) is 6.95. The minimum absolute atomic E-state index is 0.429. The molecule has 4 heteroatoms. The van der Waals surface area contributed by atoms with E-state index >= 15 is 0 Å². The van der Waals surface area contributed by atoms with E-state index in [4.69, 9.17) is 9.15 Å². The van der Waals surface area contributed by atoms with Gasteiger partial charge in [0.05, 0.1) is 12.5 Å². The number of furan rings is 1. The van der Waals surface area contributed by atoms with Crippen molar-refractivity contribution in [3.63, 3.8) is 0 Å². The van der Waals surface area contributed by atoms with Crippen molar-refractivity contribution < 1.29 is 9.15 Å². The van der Waals surface area contributed by atoms with Crippen LogP contribution >= 0.6 is 0 Å². The quantitative estimate of drug-likeness (QED) is 0.777. The van der Waals surface area contributed by atoms with Crippen molar-refractivity contribution in [2.45, 2.75) is 33.4 Å². The molecule has 0 unspecified atom stereocenters. The molecular formula is C15H20N2O2. The van der Waals surface area contributed by atoms with Crippen molar-refractivity contribution in [3.05, 3.63) is 47.7 Å². The van der Waals surface area contributed by atoms with Gasteiger partial charge in [-0.2, -0.15) is 0 Å². The van der Waals surface area contributed by atoms with Crippen LogP contribution in [0, 0.1) is 6.92 Å². The van der Waals surface area contributed by atoms with Gasteiger partial charge in [0.1, 0.15) is 18.1 Å². The van der Waals surface area contributed by atoms with Crippen LogP contribution in [0.25, 0.3) is 0 Å². The highest BCUT2D eigenvalue weighted by Crippen LogP contribution is 2.13. The van der Waals surface area contributed by atoms with Gasteiger partial charge in [0.15, 0.2) is 0 Å². The lowest BCUT2D eigenvalue weighted by atomic mass is 10.3. The molecular weight excluding hydrogens is 240 g/mol. The van der Waals surface area contributed by atoms with Gasteiger partial charge in [-0.1, -0.05) is 6.92 Å². The van der Waals surface area contributed by atoms with Crippen molar-refractivity contribution in [2.24, 2.45) is 0 Å². The maximum absolute atomic E-state index is 5.61. The monoisotopic (exact) mass is 260 g/mol. The maximum atomic E-state index is 5.61. The molecule has 0 saturated carbocycles. The molecule has 0 aliphatic carbocycles. The highest BCUT2D eigenvalue weighted by Gasteiger charge is 2.03. The van der Waals surface area contributed by atoms with Crippen LogP contribution in [0.3, 0.4) is 0 Å². The SMILES string of the molecule is CCCNCc1coc(COc2ccc(C)nc2)c1. The van der Waals surface area contributed by atoms with Gasteiger partial charge in [-0.15, -0.1) is 0 Å². The highest BCUT2D eigenvalue weighted by molar-refractivity contribution is 5.20. The zero-order valence-electron chi connectivity index (χ0n) is 11.5. The first kappa shape index (κ1) is 13.6. The normalized spacial score (nSPS) is 10.6. The smallest absolute Gasteiger partial charge is 0.146 e. The van der Waals surface area contributed by atoms with Gasteiger partial charge in [0.25, 0.3) is 0 Å². The van der Waals surface area contributed by atoms with Gasteiger partial charge in [0.2, 0.25) is 0 Å². The molecule has 0 aliphatic heterocycles. The number of nitrogens with zero attached hydrogens (tertiary/aromatic N) is 1. The number of hydrogen-bond donors (Lipinski definition) is 1. The first-order valence-electron chi connectivity index (χ1n) is 6.60. The molecule has 0 fully saturated rings. The predicted octanol–water partition coefficient (Wildman–Crippen LogP) is 3.06. The zero-order valence-corrected chi connectivity index (χ0v) is 11.5. The van der Waals surface area contributed by atoms with E-state index in [0.717, 1.165) is 42.3 Å². The molecule has 1 N–H and O–H groups in total. The summed E-state index contributed by atoms with van der Waals surface area (Å²) < 4.78 is 11.1. The summed E-state index contributed by atoms with van der Waals surface area (Å²) in [4.78, 5) is 4.18. The molecule has 0 aliphatic rings. The van der Waals surface area contributed by atoms with Crippen molar-refractivity contribution in [2.75, 3.05) is 6.54 Å². The van der Waals surface area contributed by atoms with E-state index in [9.17, 15) is 0 Å². The second-order valence-electron chi connectivity index (χ2n) is 4.52. The largest absolute Gasteiger partial charge is 0.484 e. The molecule has 2 aromatic rings. The Kier molecular flexibility index (Phi) is 4.98. The topological polar surface area (TPSA) is 47.3 Å². The van der Waals surface area contributed by atoms with Gasteiger partial charge in [-0.3, -0.25) is 4.98 Å². The molecule has 102 valence electrons. The lowest BCUT2D eigenvalue weighted by molar-refractivity contribution is 0.269. The Bertz CT molecular complexity index is 491. The van der Waals surface area contributed by atoms with Crippen LogP contribution in [0.2, 0.25) is 0 Å². The van der Waals surface area contributed by atoms with Crippen LogP contribution in [-0.4, -0.2) is 11.5 Å². The Balaban J connectivity index is 1.81. The van der Waals surface area contributed by atoms with Crippen LogP contribution in [0.15, 0.2) is 35.1 Å². The van der Waals surface area contributed by atoms with Crippen molar-refractivity contribution >= 4 is 0 Å². The number of pyridine rings is 1. The minimum atomic E-state index is 0.429. The molecule has 4 nitrogen and oxygen atoms in total. The molecule has 0 bridgehead atoms. The fourth-order valence-corrected chi connectivity index (χ4v) is 1.70. The third kappa shape index (κ3) is 4.41. The molecule has 19 heavy (non-hydrogen) atoms. The number of rotatable bonds is 7. The third-order valence-electron chi connectivity index (χ3n) is 2.73. The van der Waals surface area contributed by atoms with E-state index in [1.165, 1.54) is 0 Å². The molecule has 0 atom stereocenters. The van der Waals surface area contributed by atoms with Crippen LogP contribution in [0.1, 0.15) is 30.4 Å². The van der Waals surface area contributed by atoms with E-state index in [2.05, 4.69) is 17.2 Å². The minimum Gasteiger partial charge on any atom is -0.484 e. The Labute approximate surface area is 113 Å². The standard InChI is InChI=1S/C15H20N2O2/c1-3-6-16-8-13-7-15(18-10-13)11-19-14-5-4-12(2)17-9-14/h4-5,7,9-10,16H,3,6,8,11H2,1-2H3. The summed E-state index contributed by atoms with van der Waals surface area (Å²) in [5.74, 6) is 1.58. The summed E-state index contributed by atoms with van der Waals surface area (Å²) in [6.07, 6.45) is 4.63. The fourth-order valence-electron chi connectivity index (χ4n) is 1.70. The predicted molar refractivity (Wildman–Crippen MR) is 74.0 cm³/mol. The summed E-state index contributed by atoms with van der Waals surface area (Å²) in [6.45, 7) is 6.39. The summed E-state index contributed by atoms with van der Waals surface area (Å²) in [5.41, 5.74) is 2.13. The van der Waals surface area contributed by atoms with E-state index in [1.54, 1.807) is 12.5 Å². The lowest BCUT2D eigenvalue weighted by Crippen LogP contribution is -2.13. The van der Waals surface area contributed by atoms with Crippen LogP contribution in [0.5, 0.6) is 5.75 Å². The number of hydrogen-bond acceptors (Lipinski definition) is 4. The van der Waals surface area contributed by atoms with E-state index in [1.807, 2.05) is 25.1 Å².